The zero-order chi connectivity index (χ0) is 15.5. The van der Waals surface area contributed by atoms with Crippen LogP contribution in [0.1, 0.15) is 56.6 Å². The van der Waals surface area contributed by atoms with Crippen LogP contribution < -0.4 is 11.5 Å². The SMILES string of the molecule is NC(=O)CC1(CC(N)c2cc(F)ccc2F)CCCCC1. The highest BCUT2D eigenvalue weighted by Crippen LogP contribution is 2.45. The fourth-order valence-electron chi connectivity index (χ4n) is 3.50. The number of carbonyl (C=O) groups excluding carboxylic acids is 1. The number of hydrogen-bond acceptors (Lipinski definition) is 2. The predicted octanol–water partition coefficient (Wildman–Crippen LogP) is 3.18. The minimum absolute atomic E-state index is 0.171. The topological polar surface area (TPSA) is 69.1 Å². The van der Waals surface area contributed by atoms with E-state index in [0.29, 0.717) is 6.42 Å². The number of carbonyl (C=O) groups is 1. The van der Waals surface area contributed by atoms with E-state index in [-0.39, 0.29) is 23.3 Å². The molecule has 0 saturated heterocycles. The van der Waals surface area contributed by atoms with Crippen molar-refractivity contribution in [3.05, 3.63) is 35.4 Å². The van der Waals surface area contributed by atoms with Crippen LogP contribution in [0.5, 0.6) is 0 Å². The Morgan fingerprint density at radius 1 is 1.24 bits per heavy atom. The minimum atomic E-state index is -0.627. The van der Waals surface area contributed by atoms with Crippen LogP contribution in [-0.4, -0.2) is 5.91 Å². The Labute approximate surface area is 123 Å². The molecule has 4 N–H and O–H groups in total. The number of hydrogen-bond donors (Lipinski definition) is 2. The Morgan fingerprint density at radius 2 is 1.90 bits per heavy atom. The zero-order valence-corrected chi connectivity index (χ0v) is 12.1. The summed E-state index contributed by atoms with van der Waals surface area (Å²) in [6, 6.07) is 2.68. The van der Waals surface area contributed by atoms with Gasteiger partial charge in [0.05, 0.1) is 0 Å². The van der Waals surface area contributed by atoms with Crippen LogP contribution in [0.15, 0.2) is 18.2 Å². The fourth-order valence-corrected chi connectivity index (χ4v) is 3.50. The second kappa shape index (κ2) is 6.52. The normalized spacial score (nSPS) is 19.2. The molecule has 0 bridgehead atoms. The molecule has 21 heavy (non-hydrogen) atoms. The van der Waals surface area contributed by atoms with Gasteiger partial charge in [0, 0.05) is 18.0 Å². The lowest BCUT2D eigenvalue weighted by atomic mass is 9.67. The van der Waals surface area contributed by atoms with Crippen LogP contribution in [0.4, 0.5) is 8.78 Å². The first-order chi connectivity index (χ1) is 9.92. The highest BCUT2D eigenvalue weighted by Gasteiger charge is 2.36. The summed E-state index contributed by atoms with van der Waals surface area (Å²) >= 11 is 0. The monoisotopic (exact) mass is 296 g/mol. The summed E-state index contributed by atoms with van der Waals surface area (Å²) in [5, 5.41) is 0. The molecule has 1 saturated carbocycles. The number of halogens is 2. The van der Waals surface area contributed by atoms with Gasteiger partial charge in [0.1, 0.15) is 11.6 Å². The van der Waals surface area contributed by atoms with Crippen LogP contribution in [0.2, 0.25) is 0 Å². The van der Waals surface area contributed by atoms with E-state index in [1.807, 2.05) is 0 Å². The quantitative estimate of drug-likeness (QED) is 0.876. The second-order valence-corrected chi connectivity index (χ2v) is 6.18. The lowest BCUT2D eigenvalue weighted by Crippen LogP contribution is -2.34. The highest BCUT2D eigenvalue weighted by atomic mass is 19.1. The van der Waals surface area contributed by atoms with Gasteiger partial charge in [-0.15, -0.1) is 0 Å². The molecule has 116 valence electrons. The van der Waals surface area contributed by atoms with Crippen molar-refractivity contribution < 1.29 is 13.6 Å². The predicted molar refractivity (Wildman–Crippen MR) is 77.2 cm³/mol. The third kappa shape index (κ3) is 4.00. The summed E-state index contributed by atoms with van der Waals surface area (Å²) in [5.41, 5.74) is 11.4. The average Bonchev–Trinajstić information content (AvgIpc) is 2.41. The molecule has 3 nitrogen and oxygen atoms in total. The van der Waals surface area contributed by atoms with Crippen LogP contribution >= 0.6 is 0 Å². The standard InChI is InChI=1S/C16H22F2N2O/c17-11-4-5-13(18)12(8-11)14(19)9-16(10-15(20)21)6-2-1-3-7-16/h4-5,8,14H,1-3,6-7,9-10,19H2,(H2,20,21). The van der Waals surface area contributed by atoms with Gasteiger partial charge in [-0.2, -0.15) is 0 Å². The first kappa shape index (κ1) is 15.9. The Balaban J connectivity index is 2.19. The number of amides is 1. The Morgan fingerprint density at radius 3 is 2.52 bits per heavy atom. The highest BCUT2D eigenvalue weighted by molar-refractivity contribution is 5.74. The molecule has 1 atom stereocenters. The molecule has 0 spiro atoms. The molecule has 1 fully saturated rings. The van der Waals surface area contributed by atoms with E-state index in [9.17, 15) is 13.6 Å². The summed E-state index contributed by atoms with van der Waals surface area (Å²) in [7, 11) is 0. The van der Waals surface area contributed by atoms with E-state index in [1.54, 1.807) is 0 Å². The maximum absolute atomic E-state index is 13.8. The molecule has 5 heteroatoms. The number of nitrogens with two attached hydrogens (primary N) is 2. The Kier molecular flexibility index (Phi) is 4.93. The van der Waals surface area contributed by atoms with E-state index in [2.05, 4.69) is 0 Å². The molecule has 1 unspecified atom stereocenters. The van der Waals surface area contributed by atoms with E-state index >= 15 is 0 Å². The molecule has 1 amide bonds. The summed E-state index contributed by atoms with van der Waals surface area (Å²) in [6.45, 7) is 0. The Bertz CT molecular complexity index is 513. The van der Waals surface area contributed by atoms with Crippen molar-refractivity contribution in [3.63, 3.8) is 0 Å². The van der Waals surface area contributed by atoms with Gasteiger partial charge in [0.15, 0.2) is 0 Å². The van der Waals surface area contributed by atoms with E-state index < -0.39 is 17.7 Å². The largest absolute Gasteiger partial charge is 0.370 e. The second-order valence-electron chi connectivity index (χ2n) is 6.18. The maximum Gasteiger partial charge on any atom is 0.217 e. The van der Waals surface area contributed by atoms with Crippen LogP contribution in [-0.2, 0) is 4.79 Å². The Hall–Kier alpha value is -1.49. The molecule has 1 aliphatic rings. The van der Waals surface area contributed by atoms with Crippen LogP contribution in [0.25, 0.3) is 0 Å². The minimum Gasteiger partial charge on any atom is -0.370 e. The maximum atomic E-state index is 13.8. The van der Waals surface area contributed by atoms with Crippen molar-refractivity contribution in [2.75, 3.05) is 0 Å². The molecule has 0 heterocycles. The van der Waals surface area contributed by atoms with Gasteiger partial charge in [0.25, 0.3) is 0 Å². The van der Waals surface area contributed by atoms with E-state index in [1.165, 1.54) is 0 Å². The number of rotatable bonds is 5. The van der Waals surface area contributed by atoms with Gasteiger partial charge in [-0.25, -0.2) is 8.78 Å². The summed E-state index contributed by atoms with van der Waals surface area (Å²) in [4.78, 5) is 11.4. The molecule has 0 aromatic heterocycles. The fraction of sp³-hybridized carbons (Fsp3) is 0.562. The molecule has 0 aliphatic heterocycles. The first-order valence-corrected chi connectivity index (χ1v) is 7.41. The molecule has 2 rings (SSSR count). The molecular formula is C16H22F2N2O. The van der Waals surface area contributed by atoms with Crippen LogP contribution in [0.3, 0.4) is 0 Å². The first-order valence-electron chi connectivity index (χ1n) is 7.41. The van der Waals surface area contributed by atoms with Crippen molar-refractivity contribution >= 4 is 5.91 Å². The van der Waals surface area contributed by atoms with E-state index in [0.717, 1.165) is 50.3 Å². The molecular weight excluding hydrogens is 274 g/mol. The van der Waals surface area contributed by atoms with Crippen molar-refractivity contribution in [1.82, 2.24) is 0 Å². The van der Waals surface area contributed by atoms with Gasteiger partial charge >= 0.3 is 0 Å². The van der Waals surface area contributed by atoms with Crippen molar-refractivity contribution in [1.29, 1.82) is 0 Å². The number of benzene rings is 1. The molecule has 1 aromatic carbocycles. The van der Waals surface area contributed by atoms with Gasteiger partial charge in [-0.05, 0) is 42.9 Å². The zero-order valence-electron chi connectivity index (χ0n) is 12.1. The average molecular weight is 296 g/mol. The van der Waals surface area contributed by atoms with Gasteiger partial charge in [0.2, 0.25) is 5.91 Å². The lowest BCUT2D eigenvalue weighted by molar-refractivity contribution is -0.121. The smallest absolute Gasteiger partial charge is 0.217 e. The van der Waals surface area contributed by atoms with Crippen molar-refractivity contribution in [2.45, 2.75) is 51.0 Å². The summed E-state index contributed by atoms with van der Waals surface area (Å²) < 4.78 is 27.1. The van der Waals surface area contributed by atoms with Gasteiger partial charge < -0.3 is 11.5 Å². The molecule has 1 aliphatic carbocycles. The number of primary amides is 1. The van der Waals surface area contributed by atoms with Crippen molar-refractivity contribution in [3.8, 4) is 0 Å². The van der Waals surface area contributed by atoms with Crippen LogP contribution in [0, 0.1) is 17.0 Å². The third-order valence-electron chi connectivity index (χ3n) is 4.47. The van der Waals surface area contributed by atoms with E-state index in [4.69, 9.17) is 11.5 Å². The summed E-state index contributed by atoms with van der Waals surface area (Å²) in [6.07, 6.45) is 5.61. The van der Waals surface area contributed by atoms with Crippen molar-refractivity contribution in [2.24, 2.45) is 16.9 Å². The third-order valence-corrected chi connectivity index (χ3v) is 4.47. The molecule has 0 radical (unpaired) electrons. The lowest BCUT2D eigenvalue weighted by Gasteiger charge is -2.38. The van der Waals surface area contributed by atoms with Gasteiger partial charge in [-0.1, -0.05) is 19.3 Å². The van der Waals surface area contributed by atoms with Gasteiger partial charge in [-0.3, -0.25) is 4.79 Å². The molecule has 1 aromatic rings. The summed E-state index contributed by atoms with van der Waals surface area (Å²) in [5.74, 6) is -1.37.